The molecule has 1 aromatic heterocycles. The first kappa shape index (κ1) is 14.9. The summed E-state index contributed by atoms with van der Waals surface area (Å²) in [6, 6.07) is 9.29. The first-order chi connectivity index (χ1) is 9.70. The van der Waals surface area contributed by atoms with Crippen LogP contribution >= 0.6 is 23.2 Å². The second-order valence-electron chi connectivity index (χ2n) is 4.35. The molecule has 2 aromatic rings. The van der Waals surface area contributed by atoms with E-state index >= 15 is 0 Å². The summed E-state index contributed by atoms with van der Waals surface area (Å²) in [4.78, 5) is 0. The van der Waals surface area contributed by atoms with Crippen molar-refractivity contribution < 1.29 is 4.42 Å². The number of hydrogen-bond acceptors (Lipinski definition) is 3. The summed E-state index contributed by atoms with van der Waals surface area (Å²) in [6.45, 7) is 2.59. The van der Waals surface area contributed by atoms with Crippen LogP contribution in [-0.4, -0.2) is 6.21 Å². The van der Waals surface area contributed by atoms with Crippen molar-refractivity contribution >= 4 is 29.4 Å². The molecule has 20 heavy (non-hydrogen) atoms. The molecular weight excluding hydrogens is 295 g/mol. The first-order valence-corrected chi connectivity index (χ1v) is 7.24. The van der Waals surface area contributed by atoms with Crippen LogP contribution in [0.2, 0.25) is 10.0 Å². The van der Waals surface area contributed by atoms with Gasteiger partial charge in [0.1, 0.15) is 11.5 Å². The molecule has 0 saturated carbocycles. The molecule has 3 nitrogen and oxygen atoms in total. The highest BCUT2D eigenvalue weighted by atomic mass is 35.5. The molecule has 0 unspecified atom stereocenters. The fraction of sp³-hybridized carbons (Fsp3) is 0.267. The Morgan fingerprint density at radius 2 is 1.95 bits per heavy atom. The van der Waals surface area contributed by atoms with Crippen molar-refractivity contribution in [2.24, 2.45) is 5.10 Å². The lowest BCUT2D eigenvalue weighted by Gasteiger charge is -2.05. The van der Waals surface area contributed by atoms with Crippen molar-refractivity contribution in [2.45, 2.75) is 26.3 Å². The van der Waals surface area contributed by atoms with Crippen molar-refractivity contribution in [3.05, 3.63) is 57.5 Å². The second kappa shape index (κ2) is 7.36. The molecule has 0 bridgehead atoms. The SMILES string of the molecule is CCCc1ccc(/C=N\NCc2c(Cl)cccc2Cl)o1. The minimum absolute atomic E-state index is 0.470. The topological polar surface area (TPSA) is 37.5 Å². The Morgan fingerprint density at radius 1 is 1.20 bits per heavy atom. The van der Waals surface area contributed by atoms with Crippen molar-refractivity contribution in [3.63, 3.8) is 0 Å². The fourth-order valence-electron chi connectivity index (χ4n) is 1.78. The van der Waals surface area contributed by atoms with Crippen molar-refractivity contribution in [3.8, 4) is 0 Å². The summed E-state index contributed by atoms with van der Waals surface area (Å²) in [5.74, 6) is 1.70. The number of rotatable bonds is 6. The van der Waals surface area contributed by atoms with Crippen molar-refractivity contribution in [2.75, 3.05) is 0 Å². The third-order valence-corrected chi connectivity index (χ3v) is 3.49. The van der Waals surface area contributed by atoms with E-state index in [1.54, 1.807) is 18.3 Å². The van der Waals surface area contributed by atoms with Crippen LogP contribution in [0.1, 0.15) is 30.4 Å². The summed E-state index contributed by atoms with van der Waals surface area (Å²) < 4.78 is 5.58. The minimum atomic E-state index is 0.470. The Morgan fingerprint density at radius 3 is 2.65 bits per heavy atom. The Balaban J connectivity index is 1.90. The number of nitrogens with zero attached hydrogens (tertiary/aromatic N) is 1. The zero-order chi connectivity index (χ0) is 14.4. The van der Waals surface area contributed by atoms with Gasteiger partial charge in [-0.25, -0.2) is 0 Å². The molecule has 106 valence electrons. The molecule has 1 heterocycles. The third-order valence-electron chi connectivity index (χ3n) is 2.78. The average molecular weight is 311 g/mol. The number of hydrazone groups is 1. The normalized spacial score (nSPS) is 11.2. The number of hydrogen-bond donors (Lipinski definition) is 1. The molecule has 0 aliphatic rings. The summed E-state index contributed by atoms with van der Waals surface area (Å²) in [7, 11) is 0. The Bertz CT molecular complexity index is 573. The van der Waals surface area contributed by atoms with E-state index in [1.807, 2.05) is 18.2 Å². The van der Waals surface area contributed by atoms with Crippen LogP contribution in [0.15, 0.2) is 39.9 Å². The summed E-state index contributed by atoms with van der Waals surface area (Å²) in [6.07, 6.45) is 3.65. The standard InChI is InChI=1S/C15H16Cl2N2O/c1-2-4-11-7-8-12(20-11)9-18-19-10-13-14(16)5-3-6-15(13)17/h3,5-9,19H,2,4,10H2,1H3/b18-9-. The van der Waals surface area contributed by atoms with E-state index in [-0.39, 0.29) is 0 Å². The van der Waals surface area contributed by atoms with Crippen LogP contribution in [0.3, 0.4) is 0 Å². The fourth-order valence-corrected chi connectivity index (χ4v) is 2.31. The zero-order valence-electron chi connectivity index (χ0n) is 11.2. The summed E-state index contributed by atoms with van der Waals surface area (Å²) in [5, 5.41) is 5.36. The van der Waals surface area contributed by atoms with Crippen LogP contribution in [-0.2, 0) is 13.0 Å². The zero-order valence-corrected chi connectivity index (χ0v) is 12.7. The molecule has 0 radical (unpaired) electrons. The van der Waals surface area contributed by atoms with Gasteiger partial charge in [-0.1, -0.05) is 36.2 Å². The van der Waals surface area contributed by atoms with Gasteiger partial charge in [0, 0.05) is 22.0 Å². The van der Waals surface area contributed by atoms with Gasteiger partial charge in [-0.3, -0.25) is 0 Å². The van der Waals surface area contributed by atoms with E-state index in [0.717, 1.165) is 29.9 Å². The molecule has 0 atom stereocenters. The maximum absolute atomic E-state index is 6.07. The smallest absolute Gasteiger partial charge is 0.147 e. The van der Waals surface area contributed by atoms with Crippen LogP contribution in [0.25, 0.3) is 0 Å². The first-order valence-electron chi connectivity index (χ1n) is 6.48. The van der Waals surface area contributed by atoms with E-state index in [2.05, 4.69) is 17.5 Å². The monoisotopic (exact) mass is 310 g/mol. The van der Waals surface area contributed by atoms with Gasteiger partial charge in [-0.05, 0) is 30.7 Å². The molecule has 0 saturated heterocycles. The summed E-state index contributed by atoms with van der Waals surface area (Å²) >= 11 is 12.1. The van der Waals surface area contributed by atoms with Crippen LogP contribution < -0.4 is 5.43 Å². The van der Waals surface area contributed by atoms with Gasteiger partial charge in [0.25, 0.3) is 0 Å². The van der Waals surface area contributed by atoms with Crippen LogP contribution in [0.4, 0.5) is 0 Å². The predicted octanol–water partition coefficient (Wildman–Crippen LogP) is 4.66. The molecule has 1 aromatic carbocycles. The Hall–Kier alpha value is -1.45. The van der Waals surface area contributed by atoms with Gasteiger partial charge < -0.3 is 9.84 Å². The van der Waals surface area contributed by atoms with Gasteiger partial charge in [0.15, 0.2) is 0 Å². The lowest BCUT2D eigenvalue weighted by molar-refractivity contribution is 0.500. The van der Waals surface area contributed by atoms with Crippen molar-refractivity contribution in [1.29, 1.82) is 0 Å². The van der Waals surface area contributed by atoms with Crippen molar-refractivity contribution in [1.82, 2.24) is 5.43 Å². The molecule has 0 aliphatic carbocycles. The van der Waals surface area contributed by atoms with E-state index in [1.165, 1.54) is 0 Å². The molecule has 0 fully saturated rings. The predicted molar refractivity (Wildman–Crippen MR) is 83.6 cm³/mol. The minimum Gasteiger partial charge on any atom is -0.460 e. The van der Waals surface area contributed by atoms with Crippen LogP contribution in [0, 0.1) is 0 Å². The number of halogens is 2. The lowest BCUT2D eigenvalue weighted by Crippen LogP contribution is -2.06. The van der Waals surface area contributed by atoms with Gasteiger partial charge in [0.2, 0.25) is 0 Å². The molecule has 1 N–H and O–H groups in total. The number of nitrogens with one attached hydrogen (secondary N) is 1. The van der Waals surface area contributed by atoms with Gasteiger partial charge in [0.05, 0.1) is 12.8 Å². The van der Waals surface area contributed by atoms with Gasteiger partial charge >= 0.3 is 0 Å². The van der Waals surface area contributed by atoms with E-state index in [4.69, 9.17) is 27.6 Å². The molecule has 5 heteroatoms. The molecular formula is C15H16Cl2N2O. The molecule has 0 spiro atoms. The lowest BCUT2D eigenvalue weighted by atomic mass is 10.2. The number of aryl methyl sites for hydroxylation is 1. The highest BCUT2D eigenvalue weighted by molar-refractivity contribution is 6.35. The molecule has 0 aliphatic heterocycles. The highest BCUT2D eigenvalue weighted by Gasteiger charge is 2.04. The third kappa shape index (κ3) is 4.02. The van der Waals surface area contributed by atoms with E-state index < -0.39 is 0 Å². The Kier molecular flexibility index (Phi) is 5.50. The molecule has 2 rings (SSSR count). The second-order valence-corrected chi connectivity index (χ2v) is 5.16. The number of furan rings is 1. The number of benzene rings is 1. The largest absolute Gasteiger partial charge is 0.460 e. The van der Waals surface area contributed by atoms with Gasteiger partial charge in [-0.15, -0.1) is 0 Å². The maximum Gasteiger partial charge on any atom is 0.147 e. The van der Waals surface area contributed by atoms with Crippen LogP contribution in [0.5, 0.6) is 0 Å². The van der Waals surface area contributed by atoms with Gasteiger partial charge in [-0.2, -0.15) is 5.10 Å². The Labute approximate surface area is 128 Å². The van der Waals surface area contributed by atoms with E-state index in [9.17, 15) is 0 Å². The quantitative estimate of drug-likeness (QED) is 0.622. The molecule has 0 amide bonds. The highest BCUT2D eigenvalue weighted by Crippen LogP contribution is 2.23. The average Bonchev–Trinajstić information content (AvgIpc) is 2.85. The van der Waals surface area contributed by atoms with E-state index in [0.29, 0.717) is 16.6 Å². The maximum atomic E-state index is 6.07. The summed E-state index contributed by atoms with van der Waals surface area (Å²) in [5.41, 5.74) is 3.75.